The molecule has 0 aromatic heterocycles. The van der Waals surface area contributed by atoms with Gasteiger partial charge in [0.1, 0.15) is 5.60 Å². The minimum atomic E-state index is -0.541. The molecule has 0 aliphatic heterocycles. The molecule has 23 heavy (non-hydrogen) atoms. The molecule has 5 nitrogen and oxygen atoms in total. The van der Waals surface area contributed by atoms with E-state index in [0.29, 0.717) is 5.57 Å². The molecule has 132 valence electrons. The number of hydrogen-bond donors (Lipinski definition) is 0. The number of amides is 1. The van der Waals surface area contributed by atoms with Gasteiger partial charge in [0.2, 0.25) is 0 Å². The molecule has 1 saturated carbocycles. The van der Waals surface area contributed by atoms with Gasteiger partial charge < -0.3 is 14.4 Å². The second kappa shape index (κ2) is 8.18. The molecule has 0 aromatic rings. The van der Waals surface area contributed by atoms with Crippen LogP contribution in [0.4, 0.5) is 4.79 Å². The van der Waals surface area contributed by atoms with Crippen LogP contribution in [0.1, 0.15) is 54.4 Å². The van der Waals surface area contributed by atoms with Crippen molar-refractivity contribution in [2.45, 2.75) is 65.5 Å². The van der Waals surface area contributed by atoms with E-state index >= 15 is 0 Å². The topological polar surface area (TPSA) is 55.8 Å². The highest BCUT2D eigenvalue weighted by atomic mass is 16.6. The second-order valence-corrected chi connectivity index (χ2v) is 6.42. The first-order valence-corrected chi connectivity index (χ1v) is 7.96. The van der Waals surface area contributed by atoms with Crippen molar-refractivity contribution in [3.8, 4) is 0 Å². The smallest absolute Gasteiger partial charge is 0.410 e. The van der Waals surface area contributed by atoms with Crippen LogP contribution in [0.15, 0.2) is 23.8 Å². The third kappa shape index (κ3) is 5.73. The second-order valence-electron chi connectivity index (χ2n) is 6.42. The third-order valence-corrected chi connectivity index (χ3v) is 3.53. The van der Waals surface area contributed by atoms with Crippen LogP contribution in [-0.2, 0) is 14.3 Å². The molecule has 0 spiro atoms. The molecular formula is C18H31NO4. The lowest BCUT2D eigenvalue weighted by Gasteiger charge is -2.31. The van der Waals surface area contributed by atoms with E-state index in [0.717, 1.165) is 18.4 Å². The van der Waals surface area contributed by atoms with Crippen molar-refractivity contribution < 1.29 is 19.1 Å². The molecule has 1 amide bonds. The van der Waals surface area contributed by atoms with Crippen molar-refractivity contribution in [3.05, 3.63) is 23.8 Å². The zero-order chi connectivity index (χ0) is 18.4. The summed E-state index contributed by atoms with van der Waals surface area (Å²) < 4.78 is 10.0. The van der Waals surface area contributed by atoms with Crippen LogP contribution >= 0.6 is 0 Å². The van der Waals surface area contributed by atoms with E-state index < -0.39 is 17.1 Å². The van der Waals surface area contributed by atoms with Crippen molar-refractivity contribution >= 4 is 12.1 Å². The number of likely N-dealkylation sites (N-methyl/N-ethyl adjacent to an activating group) is 1. The Labute approximate surface area is 140 Å². The SMILES string of the molecule is C=C(/C=C(\C)C(=O)OC)C1(N(C)C(=O)OC(C)(C)C)CC1.CC. The molecule has 1 aliphatic rings. The lowest BCUT2D eigenvalue weighted by atomic mass is 10.0. The van der Waals surface area contributed by atoms with Gasteiger partial charge in [-0.05, 0) is 52.2 Å². The van der Waals surface area contributed by atoms with Crippen LogP contribution in [0.2, 0.25) is 0 Å². The van der Waals surface area contributed by atoms with Crippen molar-refractivity contribution in [2.24, 2.45) is 0 Å². The molecule has 0 saturated heterocycles. The number of carbonyl (C=O) groups excluding carboxylic acids is 2. The van der Waals surface area contributed by atoms with Crippen LogP contribution in [0, 0.1) is 0 Å². The highest BCUT2D eigenvalue weighted by Crippen LogP contribution is 2.47. The fourth-order valence-electron chi connectivity index (χ4n) is 2.11. The summed E-state index contributed by atoms with van der Waals surface area (Å²) in [5.41, 5.74) is 0.197. The van der Waals surface area contributed by atoms with Gasteiger partial charge in [-0.2, -0.15) is 0 Å². The van der Waals surface area contributed by atoms with E-state index in [-0.39, 0.29) is 6.09 Å². The van der Waals surface area contributed by atoms with E-state index in [9.17, 15) is 9.59 Å². The molecule has 0 atom stereocenters. The number of esters is 1. The fraction of sp³-hybridized carbons (Fsp3) is 0.667. The number of methoxy groups -OCH3 is 1. The lowest BCUT2D eigenvalue weighted by molar-refractivity contribution is -0.136. The average Bonchev–Trinajstić information content (AvgIpc) is 3.27. The molecule has 0 unspecified atom stereocenters. The minimum Gasteiger partial charge on any atom is -0.466 e. The van der Waals surface area contributed by atoms with Gasteiger partial charge >= 0.3 is 12.1 Å². The Kier molecular flexibility index (Phi) is 7.55. The summed E-state index contributed by atoms with van der Waals surface area (Å²) in [4.78, 5) is 25.2. The summed E-state index contributed by atoms with van der Waals surface area (Å²) in [6.45, 7) is 15.2. The Bertz CT molecular complexity index is 482. The van der Waals surface area contributed by atoms with Gasteiger partial charge in [0.15, 0.2) is 0 Å². The van der Waals surface area contributed by atoms with Gasteiger partial charge in [0.25, 0.3) is 0 Å². The normalized spacial score (nSPS) is 15.7. The molecule has 5 heteroatoms. The highest BCUT2D eigenvalue weighted by molar-refractivity contribution is 5.88. The van der Waals surface area contributed by atoms with E-state index in [4.69, 9.17) is 4.74 Å². The van der Waals surface area contributed by atoms with E-state index in [2.05, 4.69) is 11.3 Å². The van der Waals surface area contributed by atoms with Crippen LogP contribution < -0.4 is 0 Å². The summed E-state index contributed by atoms with van der Waals surface area (Å²) >= 11 is 0. The number of hydrogen-bond acceptors (Lipinski definition) is 4. The van der Waals surface area contributed by atoms with Crippen molar-refractivity contribution in [1.82, 2.24) is 4.90 Å². The minimum absolute atomic E-state index is 0.384. The summed E-state index contributed by atoms with van der Waals surface area (Å²) in [5.74, 6) is -0.396. The molecule has 0 aromatic carbocycles. The maximum atomic E-state index is 12.2. The fourth-order valence-corrected chi connectivity index (χ4v) is 2.11. The molecular weight excluding hydrogens is 294 g/mol. The number of rotatable bonds is 4. The summed E-state index contributed by atoms with van der Waals surface area (Å²) in [6.07, 6.45) is 2.92. The Hall–Kier alpha value is -1.78. The van der Waals surface area contributed by atoms with Crippen LogP contribution in [0.25, 0.3) is 0 Å². The Morgan fingerprint density at radius 1 is 1.22 bits per heavy atom. The standard InChI is InChI=1S/C16H25NO4.C2H6/c1-11(13(18)20-7)10-12(2)16(8-9-16)17(6)14(19)21-15(3,4)5;1-2/h10H,2,8-9H2,1,3-7H3;1-2H3/b11-10+;. The van der Waals surface area contributed by atoms with Gasteiger partial charge in [-0.15, -0.1) is 0 Å². The van der Waals surface area contributed by atoms with Crippen LogP contribution in [-0.4, -0.2) is 42.3 Å². The van der Waals surface area contributed by atoms with Crippen molar-refractivity contribution in [2.75, 3.05) is 14.2 Å². The van der Waals surface area contributed by atoms with E-state index in [1.807, 2.05) is 34.6 Å². The van der Waals surface area contributed by atoms with Crippen molar-refractivity contribution in [1.29, 1.82) is 0 Å². The third-order valence-electron chi connectivity index (χ3n) is 3.53. The highest BCUT2D eigenvalue weighted by Gasteiger charge is 2.51. The van der Waals surface area contributed by atoms with Crippen molar-refractivity contribution in [3.63, 3.8) is 0 Å². The Morgan fingerprint density at radius 2 is 1.70 bits per heavy atom. The first-order chi connectivity index (χ1) is 10.5. The summed E-state index contributed by atoms with van der Waals surface area (Å²) in [6, 6.07) is 0. The first-order valence-electron chi connectivity index (χ1n) is 7.96. The van der Waals surface area contributed by atoms with Crippen LogP contribution in [0.3, 0.4) is 0 Å². The maximum Gasteiger partial charge on any atom is 0.410 e. The summed E-state index contributed by atoms with van der Waals surface area (Å²) in [7, 11) is 3.04. The first kappa shape index (κ1) is 21.2. The molecule has 1 fully saturated rings. The van der Waals surface area contributed by atoms with Gasteiger partial charge in [-0.25, -0.2) is 9.59 Å². The predicted octanol–water partition coefficient (Wildman–Crippen LogP) is 4.09. The number of ether oxygens (including phenoxy) is 2. The van der Waals surface area contributed by atoms with Gasteiger partial charge in [0, 0.05) is 12.6 Å². The zero-order valence-electron chi connectivity index (χ0n) is 15.8. The quantitative estimate of drug-likeness (QED) is 0.444. The van der Waals surface area contributed by atoms with Gasteiger partial charge in [-0.3, -0.25) is 0 Å². The average molecular weight is 325 g/mol. The van der Waals surface area contributed by atoms with Gasteiger partial charge in [-0.1, -0.05) is 20.4 Å². The molecule has 0 radical (unpaired) electrons. The number of carbonyl (C=O) groups is 2. The zero-order valence-corrected chi connectivity index (χ0v) is 15.8. The molecule has 0 N–H and O–H groups in total. The Morgan fingerprint density at radius 3 is 2.04 bits per heavy atom. The van der Waals surface area contributed by atoms with E-state index in [1.54, 1.807) is 24.9 Å². The summed E-state index contributed by atoms with van der Waals surface area (Å²) in [5, 5.41) is 0. The van der Waals surface area contributed by atoms with Crippen LogP contribution in [0.5, 0.6) is 0 Å². The van der Waals surface area contributed by atoms with Gasteiger partial charge in [0.05, 0.1) is 12.6 Å². The molecule has 0 bridgehead atoms. The maximum absolute atomic E-state index is 12.2. The predicted molar refractivity (Wildman–Crippen MR) is 92.2 cm³/mol. The lowest BCUT2D eigenvalue weighted by Crippen LogP contribution is -2.43. The molecule has 1 aliphatic carbocycles. The Balaban J connectivity index is 0.00000232. The molecule has 0 heterocycles. The molecule has 1 rings (SSSR count). The van der Waals surface area contributed by atoms with E-state index in [1.165, 1.54) is 7.11 Å². The monoisotopic (exact) mass is 325 g/mol. The number of nitrogens with zero attached hydrogens (tertiary/aromatic N) is 1. The largest absolute Gasteiger partial charge is 0.466 e.